The van der Waals surface area contributed by atoms with E-state index in [0.29, 0.717) is 17.4 Å². The van der Waals surface area contributed by atoms with Crippen molar-refractivity contribution in [1.29, 1.82) is 0 Å². The largest absolute Gasteiger partial charge is 0.756 e. The number of rotatable bonds is 72. The molecule has 0 heterocycles. The minimum absolute atomic E-state index is 0.0304. The van der Waals surface area contributed by atoms with E-state index in [1.54, 1.807) is 0 Å². The average Bonchev–Trinajstić information content (AvgIpc) is 3.58. The molecule has 0 N–H and O–H groups in total. The highest BCUT2D eigenvalue weighted by molar-refractivity contribution is 7.45. The molecule has 0 aromatic rings. The van der Waals surface area contributed by atoms with Gasteiger partial charge in [-0.1, -0.05) is 344 Å². The normalized spacial score (nSPS) is 13.4. The standard InChI is InChI=1S/C80H148NO8P/c1-6-8-10-12-14-16-18-20-22-24-26-28-30-32-34-36-37-38-39-40-41-42-43-45-47-49-51-53-55-57-59-61-63-65-67-69-71-73-80(83)89-78(77-88-90(84,85)87-75-74-81(3,4)5)76-86-79(82)72-70-68-66-64-62-60-58-56-54-52-50-48-46-44-35-33-31-29-27-25-23-21-19-17-15-13-11-9-7-2/h18-21,24-27,30-33,78H,6-17,22-23,28-29,34-77H2,1-5H3/b20-18-,21-19-,26-24-,27-25-,32-30-,33-31-. The zero-order chi connectivity index (χ0) is 65.5. The van der Waals surface area contributed by atoms with E-state index < -0.39 is 26.5 Å². The first-order chi connectivity index (χ1) is 44.0. The van der Waals surface area contributed by atoms with Crippen molar-refractivity contribution in [2.45, 2.75) is 380 Å². The second kappa shape index (κ2) is 70.8. The predicted octanol–water partition coefficient (Wildman–Crippen LogP) is 24.9. The van der Waals surface area contributed by atoms with Crippen LogP contribution in [0, 0.1) is 0 Å². The molecule has 0 bridgehead atoms. The van der Waals surface area contributed by atoms with Crippen LogP contribution in [0.3, 0.4) is 0 Å². The first-order valence-corrected chi connectivity index (χ1v) is 40.1. The van der Waals surface area contributed by atoms with Gasteiger partial charge in [0, 0.05) is 12.8 Å². The van der Waals surface area contributed by atoms with Gasteiger partial charge < -0.3 is 27.9 Å². The van der Waals surface area contributed by atoms with Crippen LogP contribution in [-0.4, -0.2) is 70.0 Å². The molecule has 0 spiro atoms. The molecule has 0 aliphatic heterocycles. The van der Waals surface area contributed by atoms with Gasteiger partial charge in [-0.2, -0.15) is 0 Å². The Morgan fingerprint density at radius 1 is 0.344 bits per heavy atom. The molecule has 2 atom stereocenters. The number of likely N-dealkylation sites (N-methyl/N-ethyl adjacent to an activating group) is 1. The van der Waals surface area contributed by atoms with Crippen molar-refractivity contribution in [2.75, 3.05) is 47.5 Å². The zero-order valence-electron chi connectivity index (χ0n) is 60.1. The summed E-state index contributed by atoms with van der Waals surface area (Å²) in [5.41, 5.74) is 0. The Morgan fingerprint density at radius 3 is 0.889 bits per heavy atom. The van der Waals surface area contributed by atoms with Crippen molar-refractivity contribution in [3.05, 3.63) is 72.9 Å². The molecule has 0 fully saturated rings. The van der Waals surface area contributed by atoms with E-state index in [1.165, 1.54) is 283 Å². The van der Waals surface area contributed by atoms with Crippen LogP contribution in [0.2, 0.25) is 0 Å². The fourth-order valence-electron chi connectivity index (χ4n) is 11.3. The van der Waals surface area contributed by atoms with Crippen LogP contribution in [0.5, 0.6) is 0 Å². The van der Waals surface area contributed by atoms with Crippen LogP contribution >= 0.6 is 7.82 Å². The third-order valence-electron chi connectivity index (χ3n) is 17.2. The van der Waals surface area contributed by atoms with E-state index in [2.05, 4.69) is 86.8 Å². The Morgan fingerprint density at radius 2 is 0.600 bits per heavy atom. The van der Waals surface area contributed by atoms with E-state index in [0.717, 1.165) is 57.8 Å². The molecule has 0 rings (SSSR count). The van der Waals surface area contributed by atoms with Gasteiger partial charge in [0.1, 0.15) is 19.8 Å². The average molecular weight is 1280 g/mol. The molecule has 0 saturated heterocycles. The lowest BCUT2D eigenvalue weighted by atomic mass is 10.0. The van der Waals surface area contributed by atoms with Gasteiger partial charge in [0.05, 0.1) is 27.7 Å². The molecule has 0 aromatic heterocycles. The molecule has 0 saturated carbocycles. The van der Waals surface area contributed by atoms with Gasteiger partial charge in [0.2, 0.25) is 0 Å². The van der Waals surface area contributed by atoms with Gasteiger partial charge in [-0.05, 0) is 89.9 Å². The molecule has 0 aliphatic carbocycles. The molecular formula is C80H148NO8P. The number of allylic oxidation sites excluding steroid dienone is 12. The maximum Gasteiger partial charge on any atom is 0.306 e. The van der Waals surface area contributed by atoms with Crippen LogP contribution in [0.4, 0.5) is 0 Å². The lowest BCUT2D eigenvalue weighted by Crippen LogP contribution is -2.37. The number of ether oxygens (including phenoxy) is 2. The van der Waals surface area contributed by atoms with E-state index in [1.807, 2.05) is 21.1 Å². The highest BCUT2D eigenvalue weighted by atomic mass is 31.2. The van der Waals surface area contributed by atoms with Crippen LogP contribution in [0.25, 0.3) is 0 Å². The summed E-state index contributed by atoms with van der Waals surface area (Å²) in [6.45, 7) is 4.27. The summed E-state index contributed by atoms with van der Waals surface area (Å²) in [4.78, 5) is 38.1. The quantitative estimate of drug-likeness (QED) is 0.0195. The Bertz CT molecular complexity index is 1750. The van der Waals surface area contributed by atoms with Gasteiger partial charge in [0.15, 0.2) is 6.10 Å². The Labute approximate surface area is 559 Å². The summed E-state index contributed by atoms with van der Waals surface area (Å²) < 4.78 is 34.4. The summed E-state index contributed by atoms with van der Waals surface area (Å²) in [5.74, 6) is -0.817. The molecule has 0 aliphatic rings. The topological polar surface area (TPSA) is 111 Å². The fourth-order valence-corrected chi connectivity index (χ4v) is 12.0. The van der Waals surface area contributed by atoms with Gasteiger partial charge in [-0.3, -0.25) is 14.2 Å². The molecule has 0 radical (unpaired) electrons. The number of nitrogens with zero attached hydrogens (tertiary/aromatic N) is 1. The van der Waals surface area contributed by atoms with E-state index in [-0.39, 0.29) is 32.0 Å². The lowest BCUT2D eigenvalue weighted by molar-refractivity contribution is -0.870. The minimum Gasteiger partial charge on any atom is -0.756 e. The highest BCUT2D eigenvalue weighted by Gasteiger charge is 2.22. The molecule has 9 nitrogen and oxygen atoms in total. The van der Waals surface area contributed by atoms with Gasteiger partial charge >= 0.3 is 11.9 Å². The monoisotopic (exact) mass is 1280 g/mol. The Kier molecular flexibility index (Phi) is 68.8. The number of quaternary nitrogens is 1. The number of carbonyl (C=O) groups is 2. The molecule has 526 valence electrons. The van der Waals surface area contributed by atoms with Gasteiger partial charge in [0.25, 0.3) is 7.82 Å². The predicted molar refractivity (Wildman–Crippen MR) is 388 cm³/mol. The second-order valence-corrected chi connectivity index (χ2v) is 28.8. The van der Waals surface area contributed by atoms with E-state index in [9.17, 15) is 19.0 Å². The smallest absolute Gasteiger partial charge is 0.306 e. The van der Waals surface area contributed by atoms with Crippen molar-refractivity contribution in [2.24, 2.45) is 0 Å². The molecule has 0 aromatic carbocycles. The first kappa shape index (κ1) is 87.5. The number of unbranched alkanes of at least 4 members (excludes halogenated alkanes) is 46. The summed E-state index contributed by atoms with van der Waals surface area (Å²) in [6, 6.07) is 0. The zero-order valence-corrected chi connectivity index (χ0v) is 61.0. The van der Waals surface area contributed by atoms with Gasteiger partial charge in [-0.15, -0.1) is 0 Å². The lowest BCUT2D eigenvalue weighted by Gasteiger charge is -2.28. The molecular weight excluding hydrogens is 1130 g/mol. The van der Waals surface area contributed by atoms with Crippen molar-refractivity contribution in [3.8, 4) is 0 Å². The van der Waals surface area contributed by atoms with Crippen molar-refractivity contribution < 1.29 is 42.1 Å². The number of phosphoric ester groups is 1. The number of hydrogen-bond donors (Lipinski definition) is 0. The molecule has 2 unspecified atom stereocenters. The summed E-state index contributed by atoms with van der Waals surface area (Å²) >= 11 is 0. The molecule has 10 heteroatoms. The van der Waals surface area contributed by atoms with Crippen molar-refractivity contribution in [3.63, 3.8) is 0 Å². The third-order valence-corrected chi connectivity index (χ3v) is 18.2. The summed E-state index contributed by atoms with van der Waals surface area (Å²) in [6.07, 6.45) is 95.8. The highest BCUT2D eigenvalue weighted by Crippen LogP contribution is 2.38. The summed E-state index contributed by atoms with van der Waals surface area (Å²) in [5, 5.41) is 0. The van der Waals surface area contributed by atoms with Gasteiger partial charge in [-0.25, -0.2) is 0 Å². The number of esters is 2. The van der Waals surface area contributed by atoms with Crippen LogP contribution in [0.15, 0.2) is 72.9 Å². The number of carbonyl (C=O) groups excluding carboxylic acids is 2. The van der Waals surface area contributed by atoms with E-state index >= 15 is 0 Å². The van der Waals surface area contributed by atoms with Crippen molar-refractivity contribution >= 4 is 19.8 Å². The minimum atomic E-state index is -4.65. The SMILES string of the molecule is CCCCCCC/C=C\C/C=C\C/C=C\CCCCCCCCCCCCCCCCCCCCCCCCC(=O)OC(COC(=O)CCCCCCCCCCCCCCCC/C=C\C/C=C\C/C=C\CCCCCCC)COP(=O)([O-])OCC[N+](C)(C)C. The fraction of sp³-hybridized carbons (Fsp3) is 0.825. The number of hydrogen-bond acceptors (Lipinski definition) is 8. The Hall–Kier alpha value is -2.55. The maximum absolute atomic E-state index is 12.9. The van der Waals surface area contributed by atoms with Crippen molar-refractivity contribution in [1.82, 2.24) is 0 Å². The maximum atomic E-state index is 12.9. The Balaban J connectivity index is 3.96. The molecule has 90 heavy (non-hydrogen) atoms. The summed E-state index contributed by atoms with van der Waals surface area (Å²) in [7, 11) is 1.18. The van der Waals surface area contributed by atoms with Crippen LogP contribution in [0.1, 0.15) is 373 Å². The van der Waals surface area contributed by atoms with E-state index in [4.69, 9.17) is 18.5 Å². The second-order valence-electron chi connectivity index (χ2n) is 27.4. The van der Waals surface area contributed by atoms with Crippen LogP contribution in [-0.2, 0) is 32.7 Å². The molecule has 0 amide bonds. The number of phosphoric acid groups is 1. The third kappa shape index (κ3) is 74.5. The first-order valence-electron chi connectivity index (χ1n) is 38.6. The van der Waals surface area contributed by atoms with Crippen LogP contribution < -0.4 is 4.89 Å².